The molecule has 2 N–H and O–H groups in total. The molecule has 2 aromatic carbocycles. The van der Waals surface area contributed by atoms with Crippen LogP contribution in [0.3, 0.4) is 0 Å². The molecule has 0 unspecified atom stereocenters. The minimum Gasteiger partial charge on any atom is -0.497 e. The van der Waals surface area contributed by atoms with Gasteiger partial charge < -0.3 is 20.1 Å². The molecule has 2 aromatic rings. The lowest BCUT2D eigenvalue weighted by molar-refractivity contribution is 0.414. The molecule has 0 aliphatic rings. The van der Waals surface area contributed by atoms with Crippen molar-refractivity contribution < 1.29 is 9.47 Å². The molecule has 0 saturated heterocycles. The van der Waals surface area contributed by atoms with E-state index in [2.05, 4.69) is 34.9 Å². The predicted octanol–water partition coefficient (Wildman–Crippen LogP) is 2.54. The van der Waals surface area contributed by atoms with Crippen molar-refractivity contribution in [1.29, 1.82) is 0 Å². The van der Waals surface area contributed by atoms with Crippen LogP contribution in [-0.4, -0.2) is 20.9 Å². The van der Waals surface area contributed by atoms with Crippen LogP contribution in [0.1, 0.15) is 11.1 Å². The molecule has 0 aliphatic heterocycles. The summed E-state index contributed by atoms with van der Waals surface area (Å²) in [6, 6.07) is 16.2. The Morgan fingerprint density at radius 3 is 1.38 bits per heavy atom. The van der Waals surface area contributed by atoms with Crippen LogP contribution in [0.25, 0.3) is 0 Å². The van der Waals surface area contributed by atoms with Gasteiger partial charge in [-0.15, -0.1) is 0 Å². The van der Waals surface area contributed by atoms with Crippen LogP contribution in [0.4, 0.5) is 0 Å². The highest BCUT2D eigenvalue weighted by Gasteiger charge is 1.96. The summed E-state index contributed by atoms with van der Waals surface area (Å²) in [5.74, 6) is 1.77. The van der Waals surface area contributed by atoms with E-state index >= 15 is 0 Å². The fourth-order valence-corrected chi connectivity index (χ4v) is 1.99. The molecule has 4 heteroatoms. The fraction of sp³-hybridized carbons (Fsp3) is 0.294. The highest BCUT2D eigenvalue weighted by atomic mass is 16.5. The zero-order chi connectivity index (χ0) is 14.9. The van der Waals surface area contributed by atoms with E-state index in [-0.39, 0.29) is 0 Å². The molecule has 4 nitrogen and oxygen atoms in total. The Morgan fingerprint density at radius 2 is 1.05 bits per heavy atom. The monoisotopic (exact) mass is 286 g/mol. The number of ether oxygens (including phenoxy) is 2. The molecule has 0 aliphatic carbocycles. The van der Waals surface area contributed by atoms with E-state index in [0.29, 0.717) is 0 Å². The van der Waals surface area contributed by atoms with E-state index < -0.39 is 0 Å². The van der Waals surface area contributed by atoms with Crippen molar-refractivity contribution in [2.45, 2.75) is 13.1 Å². The topological polar surface area (TPSA) is 42.5 Å². The van der Waals surface area contributed by atoms with Crippen molar-refractivity contribution in [3.8, 4) is 11.5 Å². The van der Waals surface area contributed by atoms with E-state index in [4.69, 9.17) is 9.47 Å². The van der Waals surface area contributed by atoms with Crippen LogP contribution in [-0.2, 0) is 13.1 Å². The Balaban J connectivity index is 1.64. The van der Waals surface area contributed by atoms with Gasteiger partial charge in [0.2, 0.25) is 0 Å². The number of hydrogen-bond donors (Lipinski definition) is 2. The maximum absolute atomic E-state index is 5.14. The Hall–Kier alpha value is -2.04. The standard InChI is InChI=1S/C17H22N2O2/c1-20-16-7-3-14(4-8-16)11-18-13-19-12-15-5-9-17(21-2)10-6-15/h3-10,18-19H,11-13H2,1-2H3. The summed E-state index contributed by atoms with van der Waals surface area (Å²) >= 11 is 0. The first-order valence-electron chi connectivity index (χ1n) is 6.99. The second-order valence-electron chi connectivity index (χ2n) is 4.73. The van der Waals surface area contributed by atoms with Crippen LogP contribution in [0.5, 0.6) is 11.5 Å². The van der Waals surface area contributed by atoms with Crippen molar-refractivity contribution in [1.82, 2.24) is 10.6 Å². The highest BCUT2D eigenvalue weighted by molar-refractivity contribution is 5.27. The number of rotatable bonds is 8. The van der Waals surface area contributed by atoms with E-state index in [1.54, 1.807) is 14.2 Å². The zero-order valence-corrected chi connectivity index (χ0v) is 12.6. The molecule has 0 fully saturated rings. The Bertz CT molecular complexity index is 474. The van der Waals surface area contributed by atoms with Crippen molar-refractivity contribution >= 4 is 0 Å². The zero-order valence-electron chi connectivity index (χ0n) is 12.6. The van der Waals surface area contributed by atoms with Crippen LogP contribution in [0.2, 0.25) is 0 Å². The van der Waals surface area contributed by atoms with Gasteiger partial charge in [-0.1, -0.05) is 24.3 Å². The normalized spacial score (nSPS) is 10.4. The predicted molar refractivity (Wildman–Crippen MR) is 84.5 cm³/mol. The van der Waals surface area contributed by atoms with Crippen LogP contribution in [0.15, 0.2) is 48.5 Å². The molecule has 0 spiro atoms. The lowest BCUT2D eigenvalue weighted by Gasteiger charge is -2.08. The fourth-order valence-electron chi connectivity index (χ4n) is 1.99. The van der Waals surface area contributed by atoms with Crippen molar-refractivity contribution in [3.05, 3.63) is 59.7 Å². The first-order valence-corrected chi connectivity index (χ1v) is 6.99. The third-order valence-electron chi connectivity index (χ3n) is 3.23. The lowest BCUT2D eigenvalue weighted by atomic mass is 10.2. The number of methoxy groups -OCH3 is 2. The molecule has 0 bridgehead atoms. The Morgan fingerprint density at radius 1 is 0.667 bits per heavy atom. The van der Waals surface area contributed by atoms with Crippen molar-refractivity contribution in [2.24, 2.45) is 0 Å². The molecule has 21 heavy (non-hydrogen) atoms. The van der Waals surface area contributed by atoms with Gasteiger partial charge >= 0.3 is 0 Å². The van der Waals surface area contributed by atoms with Crippen LogP contribution >= 0.6 is 0 Å². The summed E-state index contributed by atoms with van der Waals surface area (Å²) < 4.78 is 10.3. The summed E-state index contributed by atoms with van der Waals surface area (Å²) in [5, 5.41) is 6.71. The summed E-state index contributed by atoms with van der Waals surface area (Å²) in [5.41, 5.74) is 2.48. The van der Waals surface area contributed by atoms with Gasteiger partial charge in [-0.2, -0.15) is 0 Å². The van der Waals surface area contributed by atoms with Gasteiger partial charge in [-0.3, -0.25) is 0 Å². The van der Waals surface area contributed by atoms with Gasteiger partial charge in [0.1, 0.15) is 11.5 Å². The lowest BCUT2D eigenvalue weighted by Crippen LogP contribution is -2.28. The van der Waals surface area contributed by atoms with Gasteiger partial charge in [0, 0.05) is 19.8 Å². The summed E-state index contributed by atoms with van der Waals surface area (Å²) in [6.07, 6.45) is 0. The molecule has 2 rings (SSSR count). The molecule has 0 radical (unpaired) electrons. The smallest absolute Gasteiger partial charge is 0.118 e. The SMILES string of the molecule is COc1ccc(CNCNCc2ccc(OC)cc2)cc1. The van der Waals surface area contributed by atoms with E-state index in [0.717, 1.165) is 31.3 Å². The van der Waals surface area contributed by atoms with Gasteiger partial charge in [0.05, 0.1) is 14.2 Å². The first kappa shape index (κ1) is 15.4. The van der Waals surface area contributed by atoms with E-state index in [1.807, 2.05) is 24.3 Å². The Labute approximate surface area is 126 Å². The molecule has 0 amide bonds. The minimum atomic E-state index is 0.762. The summed E-state index contributed by atoms with van der Waals surface area (Å²) in [7, 11) is 3.35. The van der Waals surface area contributed by atoms with Crippen LogP contribution in [0, 0.1) is 0 Å². The third kappa shape index (κ3) is 5.10. The molecular formula is C17H22N2O2. The highest BCUT2D eigenvalue weighted by Crippen LogP contribution is 2.11. The second kappa shape index (κ2) is 8.29. The third-order valence-corrected chi connectivity index (χ3v) is 3.23. The summed E-state index contributed by atoms with van der Waals surface area (Å²) in [6.45, 7) is 2.43. The number of benzene rings is 2. The number of hydrogen-bond acceptors (Lipinski definition) is 4. The second-order valence-corrected chi connectivity index (χ2v) is 4.73. The van der Waals surface area contributed by atoms with Crippen molar-refractivity contribution in [2.75, 3.05) is 20.9 Å². The van der Waals surface area contributed by atoms with Crippen LogP contribution < -0.4 is 20.1 Å². The molecule has 0 heterocycles. The van der Waals surface area contributed by atoms with Crippen molar-refractivity contribution in [3.63, 3.8) is 0 Å². The maximum Gasteiger partial charge on any atom is 0.118 e. The summed E-state index contributed by atoms with van der Waals surface area (Å²) in [4.78, 5) is 0. The molecule has 0 saturated carbocycles. The maximum atomic E-state index is 5.14. The molecule has 0 atom stereocenters. The van der Waals surface area contributed by atoms with E-state index in [1.165, 1.54) is 11.1 Å². The average molecular weight is 286 g/mol. The largest absolute Gasteiger partial charge is 0.497 e. The van der Waals surface area contributed by atoms with E-state index in [9.17, 15) is 0 Å². The quantitative estimate of drug-likeness (QED) is 0.578. The first-order chi connectivity index (χ1) is 10.3. The minimum absolute atomic E-state index is 0.762. The van der Waals surface area contributed by atoms with Gasteiger partial charge in [-0.25, -0.2) is 0 Å². The van der Waals surface area contributed by atoms with Gasteiger partial charge in [0.25, 0.3) is 0 Å². The van der Waals surface area contributed by atoms with Gasteiger partial charge in [-0.05, 0) is 35.4 Å². The number of nitrogens with one attached hydrogen (secondary N) is 2. The Kier molecular flexibility index (Phi) is 6.06. The average Bonchev–Trinajstić information content (AvgIpc) is 2.55. The molecule has 112 valence electrons. The van der Waals surface area contributed by atoms with Gasteiger partial charge in [0.15, 0.2) is 0 Å². The molecular weight excluding hydrogens is 264 g/mol. The molecule has 0 aromatic heterocycles.